The van der Waals surface area contributed by atoms with Gasteiger partial charge in [0.15, 0.2) is 0 Å². The summed E-state index contributed by atoms with van der Waals surface area (Å²) in [6.45, 7) is 12.5. The van der Waals surface area contributed by atoms with Crippen molar-refractivity contribution in [3.63, 3.8) is 0 Å². The Hall–Kier alpha value is 0.420. The van der Waals surface area contributed by atoms with Gasteiger partial charge in [-0.2, -0.15) is 0 Å². The molecule has 4 nitrogen and oxygen atoms in total. The van der Waals surface area contributed by atoms with E-state index in [4.69, 9.17) is 9.47 Å². The zero-order chi connectivity index (χ0) is 31.0. The van der Waals surface area contributed by atoms with Crippen molar-refractivity contribution in [2.24, 2.45) is 0 Å². The third-order valence-corrected chi connectivity index (χ3v) is 9.29. The van der Waals surface area contributed by atoms with E-state index in [2.05, 4.69) is 42.0 Å². The lowest BCUT2D eigenvalue weighted by Gasteiger charge is -2.30. The van der Waals surface area contributed by atoms with Crippen LogP contribution in [-0.4, -0.2) is 89.8 Å². The van der Waals surface area contributed by atoms with E-state index in [1.807, 2.05) is 0 Å². The smallest absolute Gasteiger partial charge is 0.102 e. The molecule has 0 aromatic carbocycles. The third kappa shape index (κ3) is 38.6. The van der Waals surface area contributed by atoms with Gasteiger partial charge in [-0.15, -0.1) is 0 Å². The summed E-state index contributed by atoms with van der Waals surface area (Å²) in [6, 6.07) is 0. The lowest BCUT2D eigenvalue weighted by Crippen LogP contribution is -3.00. The van der Waals surface area contributed by atoms with Crippen molar-refractivity contribution in [2.45, 2.75) is 168 Å². The zero-order valence-corrected chi connectivity index (χ0v) is 32.6. The van der Waals surface area contributed by atoms with Crippen molar-refractivity contribution < 1.29 is 43.3 Å². The Balaban J connectivity index is -0.00000840. The van der Waals surface area contributed by atoms with Gasteiger partial charge in [0.1, 0.15) is 13.1 Å². The molecule has 0 unspecified atom stereocenters. The first-order valence-corrected chi connectivity index (χ1v) is 19.1. The van der Waals surface area contributed by atoms with Crippen LogP contribution in [0.3, 0.4) is 0 Å². The van der Waals surface area contributed by atoms with Gasteiger partial charge in [0, 0.05) is 0 Å². The molecule has 0 rings (SSSR count). The molecule has 0 aliphatic carbocycles. The Morgan fingerprint density at radius 2 is 0.523 bits per heavy atom. The molecule has 0 saturated carbocycles. The lowest BCUT2D eigenvalue weighted by atomic mass is 10.1. The molecular formula is C38H82Cl2N2O2. The predicted molar refractivity (Wildman–Crippen MR) is 187 cm³/mol. The monoisotopic (exact) mass is 669 g/mol. The largest absolute Gasteiger partial charge is 1.00 e. The number of quaternary nitrogens is 2. The van der Waals surface area contributed by atoms with Gasteiger partial charge >= 0.3 is 0 Å². The first-order chi connectivity index (χ1) is 20.3. The molecule has 0 amide bonds. The van der Waals surface area contributed by atoms with E-state index in [9.17, 15) is 0 Å². The maximum Gasteiger partial charge on any atom is 0.102 e. The van der Waals surface area contributed by atoms with E-state index >= 15 is 0 Å². The number of ether oxygens (including phenoxy) is 2. The average molecular weight is 670 g/mol. The van der Waals surface area contributed by atoms with Crippen LogP contribution in [0.4, 0.5) is 0 Å². The number of unbranched alkanes of at least 4 members (excludes halogenated alkanes) is 22. The van der Waals surface area contributed by atoms with Crippen molar-refractivity contribution in [3.8, 4) is 0 Å². The van der Waals surface area contributed by atoms with Crippen LogP contribution in [0.5, 0.6) is 0 Å². The Bertz CT molecular complexity index is 489. The molecule has 6 heteroatoms. The molecule has 0 radical (unpaired) electrons. The lowest BCUT2D eigenvalue weighted by molar-refractivity contribution is -0.891. The first kappa shape index (κ1) is 48.8. The van der Waals surface area contributed by atoms with E-state index < -0.39 is 0 Å². The maximum atomic E-state index is 5.92. The van der Waals surface area contributed by atoms with E-state index in [0.29, 0.717) is 0 Å². The third-order valence-electron chi connectivity index (χ3n) is 9.29. The summed E-state index contributed by atoms with van der Waals surface area (Å²) in [5.74, 6) is 0. The number of rotatable bonds is 35. The first-order valence-electron chi connectivity index (χ1n) is 19.1. The van der Waals surface area contributed by atoms with Crippen molar-refractivity contribution in [1.82, 2.24) is 0 Å². The van der Waals surface area contributed by atoms with Gasteiger partial charge in [0.05, 0.1) is 67.7 Å². The Kier molecular flexibility index (Phi) is 40.2. The highest BCUT2D eigenvalue weighted by Crippen LogP contribution is 2.14. The summed E-state index contributed by atoms with van der Waals surface area (Å²) in [6.07, 6.45) is 34.1. The standard InChI is InChI=1S/C38H82N2O2.2ClH/c1-7-9-11-13-15-17-19-21-23-25-27-29-31-39(3,4)33-35-41-37-38-42-36-34-40(5,6)32-30-28-26-24-22-20-18-16-14-12-10-8-2;;/h7-38H2,1-6H3;2*1H/q+2;;/p-2. The number of halogens is 2. The van der Waals surface area contributed by atoms with Crippen LogP contribution in [0.2, 0.25) is 0 Å². The fraction of sp³-hybridized carbons (Fsp3) is 1.00. The minimum absolute atomic E-state index is 0. The van der Waals surface area contributed by atoms with E-state index in [-0.39, 0.29) is 24.8 Å². The zero-order valence-electron chi connectivity index (χ0n) is 31.1. The van der Waals surface area contributed by atoms with Crippen molar-refractivity contribution in [2.75, 3.05) is 80.8 Å². The van der Waals surface area contributed by atoms with Crippen LogP contribution in [0.25, 0.3) is 0 Å². The molecule has 44 heavy (non-hydrogen) atoms. The molecular weight excluding hydrogens is 587 g/mol. The molecule has 0 aromatic rings. The summed E-state index contributed by atoms with van der Waals surface area (Å²) in [7, 11) is 9.42. The highest BCUT2D eigenvalue weighted by molar-refractivity contribution is 4.50. The SMILES string of the molecule is CCCCCCCCCCCCCC[N+](C)(C)CCOCCOCC[N+](C)(C)CCCCCCCCCCCCCC.[Cl-].[Cl-]. The molecule has 0 atom stereocenters. The fourth-order valence-electron chi connectivity index (χ4n) is 5.93. The number of nitrogens with zero attached hydrogens (tertiary/aromatic N) is 2. The molecule has 0 N–H and O–H groups in total. The average Bonchev–Trinajstić information content (AvgIpc) is 2.95. The van der Waals surface area contributed by atoms with Gasteiger partial charge in [-0.1, -0.05) is 142 Å². The summed E-state index contributed by atoms with van der Waals surface area (Å²) in [4.78, 5) is 0. The van der Waals surface area contributed by atoms with Crippen LogP contribution in [-0.2, 0) is 9.47 Å². The van der Waals surface area contributed by atoms with Crippen LogP contribution < -0.4 is 24.8 Å². The molecule has 270 valence electrons. The summed E-state index contributed by atoms with van der Waals surface area (Å²) >= 11 is 0. The maximum absolute atomic E-state index is 5.92. The van der Waals surface area contributed by atoms with Gasteiger partial charge < -0.3 is 43.3 Å². The van der Waals surface area contributed by atoms with Gasteiger partial charge in [-0.3, -0.25) is 0 Å². The van der Waals surface area contributed by atoms with Gasteiger partial charge in [-0.25, -0.2) is 0 Å². The highest BCUT2D eigenvalue weighted by atomic mass is 35.5. The van der Waals surface area contributed by atoms with Crippen molar-refractivity contribution >= 4 is 0 Å². The number of likely N-dealkylation sites (N-methyl/N-ethyl adjacent to an activating group) is 2. The summed E-state index contributed by atoms with van der Waals surface area (Å²) in [5.41, 5.74) is 0. The molecule has 0 fully saturated rings. The topological polar surface area (TPSA) is 18.5 Å². The Labute approximate surface area is 291 Å². The molecule has 0 aliphatic heterocycles. The van der Waals surface area contributed by atoms with E-state index in [1.54, 1.807) is 0 Å². The second kappa shape index (κ2) is 36.3. The summed E-state index contributed by atoms with van der Waals surface area (Å²) < 4.78 is 14.0. The van der Waals surface area contributed by atoms with E-state index in [0.717, 1.165) is 48.5 Å². The minimum atomic E-state index is 0. The van der Waals surface area contributed by atoms with Crippen LogP contribution in [0.15, 0.2) is 0 Å². The minimum Gasteiger partial charge on any atom is -1.00 e. The molecule has 0 spiro atoms. The second-order valence-electron chi connectivity index (χ2n) is 14.8. The molecule has 0 heterocycles. The van der Waals surface area contributed by atoms with E-state index in [1.165, 1.54) is 167 Å². The van der Waals surface area contributed by atoms with Crippen LogP contribution >= 0.6 is 0 Å². The predicted octanol–water partition coefficient (Wildman–Crippen LogP) is 4.58. The fourth-order valence-corrected chi connectivity index (χ4v) is 5.93. The summed E-state index contributed by atoms with van der Waals surface area (Å²) in [5, 5.41) is 0. The van der Waals surface area contributed by atoms with Gasteiger partial charge in [0.2, 0.25) is 0 Å². The number of hydrogen-bond acceptors (Lipinski definition) is 2. The normalized spacial score (nSPS) is 11.9. The Morgan fingerprint density at radius 1 is 0.295 bits per heavy atom. The number of hydrogen-bond donors (Lipinski definition) is 0. The molecule has 0 aromatic heterocycles. The van der Waals surface area contributed by atoms with Crippen molar-refractivity contribution in [3.05, 3.63) is 0 Å². The molecule has 0 aliphatic rings. The Morgan fingerprint density at radius 3 is 0.773 bits per heavy atom. The van der Waals surface area contributed by atoms with Crippen LogP contribution in [0.1, 0.15) is 168 Å². The van der Waals surface area contributed by atoms with Gasteiger partial charge in [-0.05, 0) is 25.7 Å². The highest BCUT2D eigenvalue weighted by Gasteiger charge is 2.15. The quantitative estimate of drug-likeness (QED) is 0.0727. The van der Waals surface area contributed by atoms with Gasteiger partial charge in [0.25, 0.3) is 0 Å². The second-order valence-corrected chi connectivity index (χ2v) is 14.8. The molecule has 0 saturated heterocycles. The van der Waals surface area contributed by atoms with Crippen molar-refractivity contribution in [1.29, 1.82) is 0 Å². The van der Waals surface area contributed by atoms with Crippen LogP contribution in [0, 0.1) is 0 Å². The molecule has 0 bridgehead atoms.